The highest BCUT2D eigenvalue weighted by atomic mass is 16.6. The third kappa shape index (κ3) is 3.98. The second-order valence-electron chi connectivity index (χ2n) is 7.76. The number of ether oxygens (including phenoxy) is 1. The highest BCUT2D eigenvalue weighted by Crippen LogP contribution is 2.38. The van der Waals surface area contributed by atoms with E-state index in [2.05, 4.69) is 4.90 Å². The molecule has 1 aliphatic carbocycles. The summed E-state index contributed by atoms with van der Waals surface area (Å²) in [6.07, 6.45) is 7.64. The number of piperidine rings is 1. The fourth-order valence-electron chi connectivity index (χ4n) is 3.76. The summed E-state index contributed by atoms with van der Waals surface area (Å²) in [5.41, 5.74) is 5.02. The number of hydrogen-bond donors (Lipinski definition) is 1. The Morgan fingerprint density at radius 2 is 1.76 bits per heavy atom. The third-order valence-electron chi connectivity index (χ3n) is 5.01. The molecule has 4 heteroatoms. The predicted molar refractivity (Wildman–Crippen MR) is 85.0 cm³/mol. The minimum atomic E-state index is -0.406. The second-order valence-corrected chi connectivity index (χ2v) is 7.76. The molecule has 1 heterocycles. The standard InChI is InChI=1S/C17H32N2O2/c1-16(2,3)21-15(20)17(9-5-4-6-10-17)19-11-7-14(13-18)8-12-19/h14H,4-13,18H2,1-3H3. The van der Waals surface area contributed by atoms with Crippen molar-refractivity contribution in [2.24, 2.45) is 11.7 Å². The van der Waals surface area contributed by atoms with Gasteiger partial charge in [-0.1, -0.05) is 19.3 Å². The zero-order chi connectivity index (χ0) is 15.5. The number of hydrogen-bond acceptors (Lipinski definition) is 4. The van der Waals surface area contributed by atoms with E-state index in [-0.39, 0.29) is 11.5 Å². The molecule has 0 unspecified atom stereocenters. The molecule has 0 radical (unpaired) electrons. The van der Waals surface area contributed by atoms with E-state index in [1.165, 1.54) is 6.42 Å². The summed E-state index contributed by atoms with van der Waals surface area (Å²) in [6, 6.07) is 0. The molecule has 4 nitrogen and oxygen atoms in total. The average molecular weight is 296 g/mol. The van der Waals surface area contributed by atoms with Gasteiger partial charge in [0.25, 0.3) is 0 Å². The van der Waals surface area contributed by atoms with Gasteiger partial charge in [-0.3, -0.25) is 9.69 Å². The lowest BCUT2D eigenvalue weighted by Gasteiger charge is -2.47. The zero-order valence-corrected chi connectivity index (χ0v) is 14.0. The number of carbonyl (C=O) groups is 1. The molecular formula is C17H32N2O2. The highest BCUT2D eigenvalue weighted by molar-refractivity contribution is 5.81. The van der Waals surface area contributed by atoms with E-state index in [9.17, 15) is 4.79 Å². The van der Waals surface area contributed by atoms with Crippen LogP contribution >= 0.6 is 0 Å². The lowest BCUT2D eigenvalue weighted by atomic mass is 9.78. The molecule has 2 aliphatic rings. The molecule has 1 saturated heterocycles. The van der Waals surface area contributed by atoms with Crippen molar-refractivity contribution in [3.8, 4) is 0 Å². The largest absolute Gasteiger partial charge is 0.459 e. The fourth-order valence-corrected chi connectivity index (χ4v) is 3.76. The van der Waals surface area contributed by atoms with Crippen LogP contribution in [0.4, 0.5) is 0 Å². The summed E-state index contributed by atoms with van der Waals surface area (Å²) in [7, 11) is 0. The maximum Gasteiger partial charge on any atom is 0.327 e. The number of esters is 1. The van der Waals surface area contributed by atoms with E-state index in [1.54, 1.807) is 0 Å². The van der Waals surface area contributed by atoms with Crippen LogP contribution in [0.15, 0.2) is 0 Å². The van der Waals surface area contributed by atoms with Gasteiger partial charge in [0.1, 0.15) is 11.1 Å². The van der Waals surface area contributed by atoms with Crippen LogP contribution in [0.3, 0.4) is 0 Å². The second kappa shape index (κ2) is 6.66. The number of rotatable bonds is 3. The molecule has 0 atom stereocenters. The molecule has 2 N–H and O–H groups in total. The van der Waals surface area contributed by atoms with E-state index >= 15 is 0 Å². The van der Waals surface area contributed by atoms with Gasteiger partial charge in [-0.05, 0) is 72.0 Å². The van der Waals surface area contributed by atoms with Crippen LogP contribution in [0, 0.1) is 5.92 Å². The van der Waals surface area contributed by atoms with Gasteiger partial charge in [-0.25, -0.2) is 0 Å². The molecule has 0 aromatic rings. The minimum Gasteiger partial charge on any atom is -0.459 e. The van der Waals surface area contributed by atoms with E-state index in [0.717, 1.165) is 58.2 Å². The van der Waals surface area contributed by atoms with Crippen LogP contribution in [-0.2, 0) is 9.53 Å². The van der Waals surface area contributed by atoms with Crippen molar-refractivity contribution in [1.82, 2.24) is 4.90 Å². The van der Waals surface area contributed by atoms with Gasteiger partial charge in [0.15, 0.2) is 0 Å². The van der Waals surface area contributed by atoms with Crippen molar-refractivity contribution in [3.63, 3.8) is 0 Å². The summed E-state index contributed by atoms with van der Waals surface area (Å²) >= 11 is 0. The fraction of sp³-hybridized carbons (Fsp3) is 0.941. The number of carbonyl (C=O) groups excluding carboxylic acids is 1. The molecule has 2 rings (SSSR count). The maximum atomic E-state index is 12.9. The van der Waals surface area contributed by atoms with Crippen LogP contribution in [0.25, 0.3) is 0 Å². The molecule has 0 bridgehead atoms. The highest BCUT2D eigenvalue weighted by Gasteiger charge is 2.47. The Bertz CT molecular complexity index is 348. The monoisotopic (exact) mass is 296 g/mol. The van der Waals surface area contributed by atoms with Gasteiger partial charge in [0, 0.05) is 0 Å². The SMILES string of the molecule is CC(C)(C)OC(=O)C1(N2CCC(CN)CC2)CCCCC1. The van der Waals surface area contributed by atoms with Crippen LogP contribution in [-0.4, -0.2) is 41.6 Å². The van der Waals surface area contributed by atoms with E-state index in [0.29, 0.717) is 5.92 Å². The van der Waals surface area contributed by atoms with E-state index in [4.69, 9.17) is 10.5 Å². The normalized spacial score (nSPS) is 24.8. The van der Waals surface area contributed by atoms with Crippen molar-refractivity contribution in [2.75, 3.05) is 19.6 Å². The van der Waals surface area contributed by atoms with Gasteiger partial charge < -0.3 is 10.5 Å². The van der Waals surface area contributed by atoms with Gasteiger partial charge in [-0.15, -0.1) is 0 Å². The molecule has 1 saturated carbocycles. The summed E-state index contributed by atoms with van der Waals surface area (Å²) in [6.45, 7) is 8.63. The molecule has 0 spiro atoms. The van der Waals surface area contributed by atoms with Crippen LogP contribution in [0.5, 0.6) is 0 Å². The first-order chi connectivity index (χ1) is 9.87. The molecule has 122 valence electrons. The van der Waals surface area contributed by atoms with Crippen molar-refractivity contribution in [1.29, 1.82) is 0 Å². The molecule has 0 aromatic carbocycles. The van der Waals surface area contributed by atoms with Gasteiger partial charge in [0.2, 0.25) is 0 Å². The molecule has 2 fully saturated rings. The van der Waals surface area contributed by atoms with Crippen molar-refractivity contribution in [2.45, 2.75) is 76.9 Å². The molecule has 0 aromatic heterocycles. The van der Waals surface area contributed by atoms with Crippen molar-refractivity contribution < 1.29 is 9.53 Å². The molecule has 1 aliphatic heterocycles. The van der Waals surface area contributed by atoms with Crippen molar-refractivity contribution >= 4 is 5.97 Å². The Balaban J connectivity index is 2.12. The van der Waals surface area contributed by atoms with Crippen molar-refractivity contribution in [3.05, 3.63) is 0 Å². The Labute approximate surface area is 129 Å². The summed E-state index contributed by atoms with van der Waals surface area (Å²) in [5.74, 6) is 0.626. The van der Waals surface area contributed by atoms with Gasteiger partial charge >= 0.3 is 5.97 Å². The Hall–Kier alpha value is -0.610. The van der Waals surface area contributed by atoms with Crippen LogP contribution in [0.2, 0.25) is 0 Å². The lowest BCUT2D eigenvalue weighted by Crippen LogP contribution is -2.59. The molecule has 21 heavy (non-hydrogen) atoms. The predicted octanol–water partition coefficient (Wildman–Crippen LogP) is 2.70. The zero-order valence-electron chi connectivity index (χ0n) is 14.0. The molecular weight excluding hydrogens is 264 g/mol. The topological polar surface area (TPSA) is 55.6 Å². The number of nitrogens with two attached hydrogens (primary N) is 1. The third-order valence-corrected chi connectivity index (χ3v) is 5.01. The Morgan fingerprint density at radius 3 is 2.24 bits per heavy atom. The van der Waals surface area contributed by atoms with Crippen LogP contribution in [0.1, 0.15) is 65.7 Å². The molecule has 0 amide bonds. The minimum absolute atomic E-state index is 0.000832. The van der Waals surface area contributed by atoms with Gasteiger partial charge in [-0.2, -0.15) is 0 Å². The smallest absolute Gasteiger partial charge is 0.327 e. The van der Waals surface area contributed by atoms with Gasteiger partial charge in [0.05, 0.1) is 0 Å². The Morgan fingerprint density at radius 1 is 1.19 bits per heavy atom. The van der Waals surface area contributed by atoms with E-state index in [1.807, 2.05) is 20.8 Å². The summed E-state index contributed by atoms with van der Waals surface area (Å²) in [5, 5.41) is 0. The lowest BCUT2D eigenvalue weighted by molar-refractivity contribution is -0.174. The maximum absolute atomic E-state index is 12.9. The quantitative estimate of drug-likeness (QED) is 0.814. The first-order valence-corrected chi connectivity index (χ1v) is 8.56. The first kappa shape index (κ1) is 16.8. The average Bonchev–Trinajstić information content (AvgIpc) is 2.46. The summed E-state index contributed by atoms with van der Waals surface area (Å²) in [4.78, 5) is 15.3. The number of likely N-dealkylation sites (tertiary alicyclic amines) is 1. The van der Waals surface area contributed by atoms with E-state index < -0.39 is 5.60 Å². The summed E-state index contributed by atoms with van der Waals surface area (Å²) < 4.78 is 5.78. The van der Waals surface area contributed by atoms with Crippen LogP contribution < -0.4 is 5.73 Å². The Kier molecular flexibility index (Phi) is 5.31. The number of nitrogens with zero attached hydrogens (tertiary/aromatic N) is 1. The first-order valence-electron chi connectivity index (χ1n) is 8.56.